The number of anilines is 1. The van der Waals surface area contributed by atoms with Gasteiger partial charge in [-0.15, -0.1) is 0 Å². The molecule has 23 heavy (non-hydrogen) atoms. The number of amides is 2. The molecule has 120 valence electrons. The molecule has 0 fully saturated rings. The largest absolute Gasteiger partial charge is 0.344 e. The highest BCUT2D eigenvalue weighted by atomic mass is 16.2. The third kappa shape index (κ3) is 4.68. The highest BCUT2D eigenvalue weighted by Gasteiger charge is 2.20. The molecule has 0 bridgehead atoms. The predicted octanol–water partition coefficient (Wildman–Crippen LogP) is 3.24. The number of nitrogens with one attached hydrogen (secondary N) is 2. The van der Waals surface area contributed by atoms with Crippen LogP contribution in [0.1, 0.15) is 31.9 Å². The molecular weight excluding hydrogens is 288 g/mol. The zero-order valence-electron chi connectivity index (χ0n) is 13.7. The van der Waals surface area contributed by atoms with E-state index in [1.165, 1.54) is 0 Å². The second kappa shape index (κ2) is 7.09. The fraction of sp³-hybridized carbons (Fsp3) is 0.263. The molecule has 0 aliphatic heterocycles. The molecule has 0 aliphatic carbocycles. The average molecular weight is 310 g/mol. The molecule has 0 spiro atoms. The van der Waals surface area contributed by atoms with Gasteiger partial charge in [0.15, 0.2) is 0 Å². The number of carbonyl (C=O) groups excluding carboxylic acids is 2. The van der Waals surface area contributed by atoms with Gasteiger partial charge in [-0.1, -0.05) is 69.3 Å². The standard InChI is InChI=1S/C19H22N2O2/c1-19(2,3)15-11-7-8-12-16(15)21-18(23)17(22)20-13-14-9-5-4-6-10-14/h4-12H,13H2,1-3H3,(H,20,22)(H,21,23). The Morgan fingerprint density at radius 2 is 1.48 bits per heavy atom. The second-order valence-corrected chi connectivity index (χ2v) is 6.42. The normalized spacial score (nSPS) is 10.9. The van der Waals surface area contributed by atoms with Gasteiger partial charge in [-0.05, 0) is 22.6 Å². The van der Waals surface area contributed by atoms with Gasteiger partial charge in [-0.25, -0.2) is 0 Å². The lowest BCUT2D eigenvalue weighted by atomic mass is 9.86. The number of rotatable bonds is 3. The molecule has 0 heterocycles. The van der Waals surface area contributed by atoms with Crippen LogP contribution >= 0.6 is 0 Å². The summed E-state index contributed by atoms with van der Waals surface area (Å²) >= 11 is 0. The minimum atomic E-state index is -0.655. The van der Waals surface area contributed by atoms with Crippen LogP contribution in [-0.2, 0) is 21.5 Å². The monoisotopic (exact) mass is 310 g/mol. The maximum atomic E-state index is 12.1. The summed E-state index contributed by atoms with van der Waals surface area (Å²) < 4.78 is 0. The highest BCUT2D eigenvalue weighted by molar-refractivity contribution is 6.39. The predicted molar refractivity (Wildman–Crippen MR) is 92.1 cm³/mol. The SMILES string of the molecule is CC(C)(C)c1ccccc1NC(=O)C(=O)NCc1ccccc1. The summed E-state index contributed by atoms with van der Waals surface area (Å²) in [5.74, 6) is -1.30. The first-order valence-corrected chi connectivity index (χ1v) is 7.60. The van der Waals surface area contributed by atoms with Crippen LogP contribution in [0.3, 0.4) is 0 Å². The Labute approximate surface area is 136 Å². The van der Waals surface area contributed by atoms with E-state index in [0.29, 0.717) is 12.2 Å². The molecule has 2 aromatic rings. The third-order valence-electron chi connectivity index (χ3n) is 3.49. The van der Waals surface area contributed by atoms with Crippen molar-refractivity contribution in [3.05, 3.63) is 65.7 Å². The van der Waals surface area contributed by atoms with E-state index in [1.807, 2.05) is 54.6 Å². The molecule has 0 unspecified atom stereocenters. The molecule has 0 aliphatic rings. The summed E-state index contributed by atoms with van der Waals surface area (Å²) in [4.78, 5) is 24.0. The Bertz CT molecular complexity index is 688. The minimum Gasteiger partial charge on any atom is -0.344 e. The van der Waals surface area contributed by atoms with E-state index in [0.717, 1.165) is 11.1 Å². The molecule has 0 saturated carbocycles. The summed E-state index contributed by atoms with van der Waals surface area (Å²) in [6.45, 7) is 6.52. The van der Waals surface area contributed by atoms with E-state index in [2.05, 4.69) is 31.4 Å². The summed E-state index contributed by atoms with van der Waals surface area (Å²) in [5.41, 5.74) is 2.48. The fourth-order valence-electron chi connectivity index (χ4n) is 2.28. The smallest absolute Gasteiger partial charge is 0.313 e. The number of benzene rings is 2. The average Bonchev–Trinajstić information content (AvgIpc) is 2.53. The number of carbonyl (C=O) groups is 2. The molecule has 0 atom stereocenters. The van der Waals surface area contributed by atoms with E-state index in [9.17, 15) is 9.59 Å². The molecule has 2 rings (SSSR count). The first-order valence-electron chi connectivity index (χ1n) is 7.60. The highest BCUT2D eigenvalue weighted by Crippen LogP contribution is 2.29. The van der Waals surface area contributed by atoms with Gasteiger partial charge >= 0.3 is 11.8 Å². The van der Waals surface area contributed by atoms with Gasteiger partial charge in [0.2, 0.25) is 0 Å². The maximum Gasteiger partial charge on any atom is 0.313 e. The van der Waals surface area contributed by atoms with Crippen LogP contribution < -0.4 is 10.6 Å². The van der Waals surface area contributed by atoms with Gasteiger partial charge in [0.05, 0.1) is 0 Å². The molecule has 2 amide bonds. The molecule has 0 aromatic heterocycles. The first kappa shape index (κ1) is 16.7. The van der Waals surface area contributed by atoms with Gasteiger partial charge in [0, 0.05) is 12.2 Å². The van der Waals surface area contributed by atoms with E-state index < -0.39 is 11.8 Å². The van der Waals surface area contributed by atoms with Crippen LogP contribution in [0.5, 0.6) is 0 Å². The Hall–Kier alpha value is -2.62. The summed E-state index contributed by atoms with van der Waals surface area (Å²) in [6.07, 6.45) is 0. The van der Waals surface area contributed by atoms with Crippen molar-refractivity contribution in [2.24, 2.45) is 0 Å². The number of hydrogen-bond donors (Lipinski definition) is 2. The molecule has 4 heteroatoms. The van der Waals surface area contributed by atoms with Crippen molar-refractivity contribution in [3.8, 4) is 0 Å². The third-order valence-corrected chi connectivity index (χ3v) is 3.49. The van der Waals surface area contributed by atoms with E-state index >= 15 is 0 Å². The van der Waals surface area contributed by atoms with Gasteiger partial charge in [-0.2, -0.15) is 0 Å². The van der Waals surface area contributed by atoms with E-state index in [4.69, 9.17) is 0 Å². The molecule has 2 N–H and O–H groups in total. The first-order chi connectivity index (χ1) is 10.9. The van der Waals surface area contributed by atoms with Crippen LogP contribution in [-0.4, -0.2) is 11.8 Å². The lowest BCUT2D eigenvalue weighted by Gasteiger charge is -2.22. The van der Waals surface area contributed by atoms with Crippen LogP contribution in [0.15, 0.2) is 54.6 Å². The van der Waals surface area contributed by atoms with Gasteiger partial charge in [0.1, 0.15) is 0 Å². The molecule has 0 radical (unpaired) electrons. The summed E-state index contributed by atoms with van der Waals surface area (Å²) in [6, 6.07) is 17.0. The van der Waals surface area contributed by atoms with Crippen molar-refractivity contribution in [2.75, 3.05) is 5.32 Å². The lowest BCUT2D eigenvalue weighted by molar-refractivity contribution is -0.136. The summed E-state index contributed by atoms with van der Waals surface area (Å²) in [7, 11) is 0. The van der Waals surface area contributed by atoms with Gasteiger partial charge < -0.3 is 10.6 Å². The number of para-hydroxylation sites is 1. The second-order valence-electron chi connectivity index (χ2n) is 6.42. The van der Waals surface area contributed by atoms with Crippen LogP contribution in [0, 0.1) is 0 Å². The molecule has 0 saturated heterocycles. The quantitative estimate of drug-likeness (QED) is 0.855. The Kier molecular flexibility index (Phi) is 5.16. The lowest BCUT2D eigenvalue weighted by Crippen LogP contribution is -2.35. The molecule has 2 aromatic carbocycles. The Morgan fingerprint density at radius 1 is 0.870 bits per heavy atom. The van der Waals surface area contributed by atoms with Crippen molar-refractivity contribution in [2.45, 2.75) is 32.7 Å². The van der Waals surface area contributed by atoms with Gasteiger partial charge in [-0.3, -0.25) is 9.59 Å². The zero-order chi connectivity index (χ0) is 16.9. The van der Waals surface area contributed by atoms with Crippen LogP contribution in [0.2, 0.25) is 0 Å². The minimum absolute atomic E-state index is 0.121. The molecular formula is C19H22N2O2. The Morgan fingerprint density at radius 3 is 2.13 bits per heavy atom. The van der Waals surface area contributed by atoms with Gasteiger partial charge in [0.25, 0.3) is 0 Å². The summed E-state index contributed by atoms with van der Waals surface area (Å²) in [5, 5.41) is 5.33. The van der Waals surface area contributed by atoms with E-state index in [1.54, 1.807) is 0 Å². The maximum absolute atomic E-state index is 12.1. The topological polar surface area (TPSA) is 58.2 Å². The van der Waals surface area contributed by atoms with Crippen molar-refractivity contribution in [1.29, 1.82) is 0 Å². The van der Waals surface area contributed by atoms with Crippen molar-refractivity contribution >= 4 is 17.5 Å². The fourth-order valence-corrected chi connectivity index (χ4v) is 2.28. The van der Waals surface area contributed by atoms with Crippen molar-refractivity contribution in [3.63, 3.8) is 0 Å². The zero-order valence-corrected chi connectivity index (χ0v) is 13.7. The van der Waals surface area contributed by atoms with Crippen molar-refractivity contribution < 1.29 is 9.59 Å². The van der Waals surface area contributed by atoms with Crippen LogP contribution in [0.25, 0.3) is 0 Å². The Balaban J connectivity index is 2.01. The molecule has 4 nitrogen and oxygen atoms in total. The number of hydrogen-bond acceptors (Lipinski definition) is 2. The van der Waals surface area contributed by atoms with Crippen molar-refractivity contribution in [1.82, 2.24) is 5.32 Å². The van der Waals surface area contributed by atoms with Crippen LogP contribution in [0.4, 0.5) is 5.69 Å². The van der Waals surface area contributed by atoms with E-state index in [-0.39, 0.29) is 5.41 Å².